The minimum absolute atomic E-state index is 0.0701. The average Bonchev–Trinajstić information content (AvgIpc) is 2.73. The van der Waals surface area contributed by atoms with Crippen molar-refractivity contribution in [3.8, 4) is 5.75 Å². The third-order valence-electron chi connectivity index (χ3n) is 5.32. The summed E-state index contributed by atoms with van der Waals surface area (Å²) in [6, 6.07) is 14.8. The largest absolute Gasteiger partial charge is 0.508 e. The van der Waals surface area contributed by atoms with Gasteiger partial charge in [0.1, 0.15) is 38.5 Å². The number of hydrogen-bond donors (Lipinski definition) is 4. The number of nitrogens with zero attached hydrogens (tertiary/aromatic N) is 1. The Morgan fingerprint density at radius 1 is 1.07 bits per heavy atom. The Bertz CT molecular complexity index is 846. The predicted octanol–water partition coefficient (Wildman–Crippen LogP) is 0.260. The Hall–Kier alpha value is -2.41. The first-order valence-electron chi connectivity index (χ1n) is 10.1. The van der Waals surface area contributed by atoms with E-state index in [1.807, 2.05) is 25.1 Å². The number of quaternary nitrogens is 2. The molecule has 1 saturated heterocycles. The van der Waals surface area contributed by atoms with E-state index >= 15 is 0 Å². The highest BCUT2D eigenvalue weighted by molar-refractivity contribution is 6.31. The van der Waals surface area contributed by atoms with E-state index in [0.717, 1.165) is 49.0 Å². The number of phenolic OH excluding ortho intramolecular Hbond substituents is 1. The van der Waals surface area contributed by atoms with Crippen molar-refractivity contribution < 1.29 is 19.7 Å². The van der Waals surface area contributed by atoms with E-state index in [1.54, 1.807) is 24.3 Å². The number of nitrogens with one attached hydrogen (secondary N) is 3. The number of carbonyl (C=O) groups excluding carboxylic acids is 1. The first kappa shape index (κ1) is 21.3. The molecule has 2 aromatic rings. The van der Waals surface area contributed by atoms with Gasteiger partial charge in [0.2, 0.25) is 0 Å². The summed E-state index contributed by atoms with van der Waals surface area (Å²) in [5.41, 5.74) is 5.57. The van der Waals surface area contributed by atoms with Crippen molar-refractivity contribution in [3.63, 3.8) is 0 Å². The molecule has 1 fully saturated rings. The lowest BCUT2D eigenvalue weighted by Gasteiger charge is -2.29. The molecule has 4 N–H and O–H groups in total. The number of aromatic hydroxyl groups is 1. The van der Waals surface area contributed by atoms with Crippen LogP contribution < -0.4 is 15.2 Å². The standard InChI is InChI=1S/C22H27ClN4O2/c1-2-21(17-7-9-19(28)10-8-17)24-25-22(29)16-27-13-11-26(12-14-27)15-18-5-3-4-6-20(18)23/h3-10,28H,2,11-16H2,1H3,(H,25,29)/p+2/b24-21+. The number of carbonyl (C=O) groups is 1. The van der Waals surface area contributed by atoms with Crippen molar-refractivity contribution in [2.45, 2.75) is 19.9 Å². The normalized spacial score (nSPS) is 19.7. The maximum absolute atomic E-state index is 12.3. The number of piperazine rings is 1. The predicted molar refractivity (Wildman–Crippen MR) is 114 cm³/mol. The summed E-state index contributed by atoms with van der Waals surface area (Å²) in [4.78, 5) is 15.1. The third kappa shape index (κ3) is 6.29. The van der Waals surface area contributed by atoms with E-state index in [0.29, 0.717) is 13.0 Å². The van der Waals surface area contributed by atoms with Crippen LogP contribution >= 0.6 is 11.6 Å². The van der Waals surface area contributed by atoms with Gasteiger partial charge in [-0.3, -0.25) is 4.79 Å². The summed E-state index contributed by atoms with van der Waals surface area (Å²) in [7, 11) is 0. The molecule has 0 bridgehead atoms. The molecule has 0 atom stereocenters. The Balaban J connectivity index is 1.45. The monoisotopic (exact) mass is 416 g/mol. The zero-order valence-corrected chi connectivity index (χ0v) is 17.5. The molecular weight excluding hydrogens is 388 g/mol. The van der Waals surface area contributed by atoms with Crippen LogP contribution in [0.5, 0.6) is 5.75 Å². The summed E-state index contributed by atoms with van der Waals surface area (Å²) < 4.78 is 0. The smallest absolute Gasteiger partial charge is 0.295 e. The second-order valence-electron chi connectivity index (χ2n) is 7.44. The molecule has 2 aromatic carbocycles. The van der Waals surface area contributed by atoms with Crippen molar-refractivity contribution in [1.82, 2.24) is 5.43 Å². The van der Waals surface area contributed by atoms with Crippen LogP contribution in [0.3, 0.4) is 0 Å². The zero-order chi connectivity index (χ0) is 20.6. The molecule has 1 aliphatic heterocycles. The molecule has 0 radical (unpaired) electrons. The Kier molecular flexibility index (Phi) is 7.63. The maximum atomic E-state index is 12.3. The summed E-state index contributed by atoms with van der Waals surface area (Å²) >= 11 is 6.27. The number of phenols is 1. The molecule has 1 amide bonds. The van der Waals surface area contributed by atoms with Gasteiger partial charge in [-0.15, -0.1) is 0 Å². The summed E-state index contributed by atoms with van der Waals surface area (Å²) in [6.45, 7) is 7.29. The molecule has 29 heavy (non-hydrogen) atoms. The van der Waals surface area contributed by atoms with Crippen LogP contribution in [0.15, 0.2) is 53.6 Å². The van der Waals surface area contributed by atoms with Crippen molar-refractivity contribution in [2.24, 2.45) is 5.10 Å². The van der Waals surface area contributed by atoms with Crippen molar-refractivity contribution in [1.29, 1.82) is 0 Å². The van der Waals surface area contributed by atoms with Crippen LogP contribution in [0, 0.1) is 0 Å². The van der Waals surface area contributed by atoms with Crippen LogP contribution in [0.4, 0.5) is 0 Å². The van der Waals surface area contributed by atoms with E-state index in [2.05, 4.69) is 16.6 Å². The van der Waals surface area contributed by atoms with E-state index in [1.165, 1.54) is 15.4 Å². The van der Waals surface area contributed by atoms with Crippen molar-refractivity contribution >= 4 is 23.2 Å². The second-order valence-corrected chi connectivity index (χ2v) is 7.85. The zero-order valence-electron chi connectivity index (χ0n) is 16.7. The van der Waals surface area contributed by atoms with Gasteiger partial charge in [0.15, 0.2) is 6.54 Å². The van der Waals surface area contributed by atoms with Gasteiger partial charge in [0.25, 0.3) is 5.91 Å². The molecular formula is C22H29ClN4O2+2. The molecule has 0 aliphatic carbocycles. The fourth-order valence-corrected chi connectivity index (χ4v) is 3.82. The van der Waals surface area contributed by atoms with E-state index in [4.69, 9.17) is 11.6 Å². The molecule has 0 aromatic heterocycles. The molecule has 6 nitrogen and oxygen atoms in total. The number of halogens is 1. The van der Waals surface area contributed by atoms with Crippen LogP contribution in [0.2, 0.25) is 5.02 Å². The topological polar surface area (TPSA) is 70.6 Å². The lowest BCUT2D eigenvalue weighted by atomic mass is 10.1. The van der Waals surface area contributed by atoms with Crippen molar-refractivity contribution in [2.75, 3.05) is 32.7 Å². The van der Waals surface area contributed by atoms with Gasteiger partial charge in [0, 0.05) is 10.6 Å². The summed E-state index contributed by atoms with van der Waals surface area (Å²) in [6.07, 6.45) is 0.696. The minimum atomic E-state index is -0.0701. The fourth-order valence-electron chi connectivity index (χ4n) is 3.62. The highest BCUT2D eigenvalue weighted by atomic mass is 35.5. The molecule has 0 unspecified atom stereocenters. The number of amides is 1. The molecule has 0 spiro atoms. The molecule has 3 rings (SSSR count). The number of hydrogen-bond acceptors (Lipinski definition) is 3. The van der Waals surface area contributed by atoms with Gasteiger partial charge in [-0.1, -0.05) is 36.7 Å². The number of benzene rings is 2. The molecule has 0 saturated carbocycles. The minimum Gasteiger partial charge on any atom is -0.508 e. The van der Waals surface area contributed by atoms with Crippen LogP contribution in [-0.4, -0.2) is 49.4 Å². The highest BCUT2D eigenvalue weighted by Crippen LogP contribution is 2.13. The van der Waals surface area contributed by atoms with Gasteiger partial charge in [-0.25, -0.2) is 5.43 Å². The van der Waals surface area contributed by atoms with Gasteiger partial charge in [-0.05, 0) is 42.3 Å². The summed E-state index contributed by atoms with van der Waals surface area (Å²) in [5.74, 6) is 0.145. The van der Waals surface area contributed by atoms with Gasteiger partial charge < -0.3 is 14.9 Å². The number of hydrazone groups is 1. The average molecular weight is 417 g/mol. The Morgan fingerprint density at radius 3 is 2.38 bits per heavy atom. The molecule has 1 heterocycles. The van der Waals surface area contributed by atoms with Gasteiger partial charge in [-0.2, -0.15) is 5.10 Å². The van der Waals surface area contributed by atoms with Crippen LogP contribution in [-0.2, 0) is 11.3 Å². The first-order valence-corrected chi connectivity index (χ1v) is 10.5. The van der Waals surface area contributed by atoms with E-state index in [9.17, 15) is 9.90 Å². The first-order chi connectivity index (χ1) is 14.0. The molecule has 7 heteroatoms. The maximum Gasteiger partial charge on any atom is 0.295 e. The van der Waals surface area contributed by atoms with Crippen molar-refractivity contribution in [3.05, 3.63) is 64.7 Å². The van der Waals surface area contributed by atoms with E-state index in [-0.39, 0.29) is 11.7 Å². The third-order valence-corrected chi connectivity index (χ3v) is 5.69. The van der Waals surface area contributed by atoms with Gasteiger partial charge in [0.05, 0.1) is 5.71 Å². The Labute approximate surface area is 176 Å². The van der Waals surface area contributed by atoms with Crippen LogP contribution in [0.25, 0.3) is 0 Å². The Morgan fingerprint density at radius 2 is 1.72 bits per heavy atom. The highest BCUT2D eigenvalue weighted by Gasteiger charge is 2.25. The van der Waals surface area contributed by atoms with E-state index < -0.39 is 0 Å². The summed E-state index contributed by atoms with van der Waals surface area (Å²) in [5, 5.41) is 14.5. The van der Waals surface area contributed by atoms with Gasteiger partial charge >= 0.3 is 0 Å². The quantitative estimate of drug-likeness (QED) is 0.386. The number of rotatable bonds is 7. The molecule has 154 valence electrons. The second kappa shape index (κ2) is 10.4. The molecule has 1 aliphatic rings. The SMILES string of the molecule is CC/C(=N\NC(=O)C[NH+]1CC[NH+](Cc2ccccc2Cl)CC1)c1ccc(O)cc1. The van der Waals surface area contributed by atoms with Crippen LogP contribution in [0.1, 0.15) is 24.5 Å². The lowest BCUT2D eigenvalue weighted by Crippen LogP contribution is -3.28. The lowest BCUT2D eigenvalue weighted by molar-refractivity contribution is -1.02. The fraction of sp³-hybridized carbons (Fsp3) is 0.364.